The Hall–Kier alpha value is -2.39. The Morgan fingerprint density at radius 1 is 1.17 bits per heavy atom. The third kappa shape index (κ3) is 4.45. The summed E-state index contributed by atoms with van der Waals surface area (Å²) in [5.74, 6) is -1.00. The van der Waals surface area contributed by atoms with Gasteiger partial charge in [0.1, 0.15) is 11.0 Å². The van der Waals surface area contributed by atoms with Gasteiger partial charge in [-0.2, -0.15) is 0 Å². The molecule has 29 heavy (non-hydrogen) atoms. The number of hydrogen-bond acceptors (Lipinski definition) is 6. The number of esters is 1. The number of nitrogens with zero attached hydrogens (tertiary/aromatic N) is 1. The first-order chi connectivity index (χ1) is 13.7. The average molecular weight is 437 g/mol. The maximum atomic E-state index is 13.0. The highest BCUT2D eigenvalue weighted by atomic mass is 32.2. The van der Waals surface area contributed by atoms with E-state index in [0.29, 0.717) is 16.3 Å². The zero-order chi connectivity index (χ0) is 21.2. The number of methoxy groups -OCH3 is 1. The van der Waals surface area contributed by atoms with E-state index >= 15 is 0 Å². The molecule has 0 radical (unpaired) electrons. The summed E-state index contributed by atoms with van der Waals surface area (Å²) < 4.78 is 30.8. The van der Waals surface area contributed by atoms with Gasteiger partial charge >= 0.3 is 5.97 Å². The van der Waals surface area contributed by atoms with Gasteiger partial charge in [-0.05, 0) is 50.3 Å². The third-order valence-corrected chi connectivity index (χ3v) is 7.35. The van der Waals surface area contributed by atoms with Crippen molar-refractivity contribution in [2.75, 3.05) is 23.0 Å². The lowest BCUT2D eigenvalue weighted by atomic mass is 9.95. The number of thiophene rings is 1. The minimum Gasteiger partial charge on any atom is -0.465 e. The molecule has 0 fully saturated rings. The van der Waals surface area contributed by atoms with Crippen molar-refractivity contribution in [2.24, 2.45) is 0 Å². The van der Waals surface area contributed by atoms with Crippen LogP contribution in [-0.4, -0.2) is 39.7 Å². The van der Waals surface area contributed by atoms with E-state index in [0.717, 1.165) is 46.7 Å². The first kappa shape index (κ1) is 21.3. The van der Waals surface area contributed by atoms with Crippen molar-refractivity contribution in [3.8, 4) is 0 Å². The molecule has 1 heterocycles. The lowest BCUT2D eigenvalue weighted by Gasteiger charge is -2.28. The Morgan fingerprint density at radius 3 is 2.45 bits per heavy atom. The van der Waals surface area contributed by atoms with Crippen molar-refractivity contribution in [1.82, 2.24) is 0 Å². The maximum Gasteiger partial charge on any atom is 0.341 e. The van der Waals surface area contributed by atoms with Crippen molar-refractivity contribution in [2.45, 2.75) is 38.6 Å². The normalized spacial score (nSPS) is 14.6. The molecule has 3 rings (SSSR count). The maximum absolute atomic E-state index is 13.0. The number of carbonyl (C=O) groups excluding carboxylic acids is 2. The van der Waals surface area contributed by atoms with Gasteiger partial charge in [0.25, 0.3) is 0 Å². The summed E-state index contributed by atoms with van der Waals surface area (Å²) in [5.41, 5.74) is 1.72. The summed E-state index contributed by atoms with van der Waals surface area (Å²) in [6, 6.07) is 7.45. The second kappa shape index (κ2) is 8.54. The molecule has 0 saturated carbocycles. The number of sulfonamides is 1. The van der Waals surface area contributed by atoms with Crippen LogP contribution in [0.25, 0.3) is 0 Å². The molecule has 7 nitrogen and oxygen atoms in total. The zero-order valence-corrected chi connectivity index (χ0v) is 18.2. The molecule has 1 N–H and O–H groups in total. The number of benzene rings is 1. The number of hydrogen-bond donors (Lipinski definition) is 1. The van der Waals surface area contributed by atoms with E-state index in [1.807, 2.05) is 0 Å². The minimum atomic E-state index is -3.70. The van der Waals surface area contributed by atoms with Gasteiger partial charge in [0, 0.05) is 4.88 Å². The highest BCUT2D eigenvalue weighted by Crippen LogP contribution is 2.38. The number of ether oxygens (including phenoxy) is 1. The topological polar surface area (TPSA) is 92.8 Å². The van der Waals surface area contributed by atoms with Crippen LogP contribution in [0.5, 0.6) is 0 Å². The predicted octanol–water partition coefficient (Wildman–Crippen LogP) is 3.21. The van der Waals surface area contributed by atoms with Crippen LogP contribution in [0.15, 0.2) is 30.3 Å². The lowest BCUT2D eigenvalue weighted by molar-refractivity contribution is -0.116. The summed E-state index contributed by atoms with van der Waals surface area (Å²) >= 11 is 1.37. The van der Waals surface area contributed by atoms with Crippen molar-refractivity contribution < 1.29 is 22.7 Å². The van der Waals surface area contributed by atoms with Crippen molar-refractivity contribution in [3.63, 3.8) is 0 Å². The fraction of sp³-hybridized carbons (Fsp3) is 0.400. The van der Waals surface area contributed by atoms with Crippen molar-refractivity contribution in [3.05, 3.63) is 46.3 Å². The Morgan fingerprint density at radius 2 is 1.83 bits per heavy atom. The summed E-state index contributed by atoms with van der Waals surface area (Å²) in [6.07, 6.45) is 4.70. The minimum absolute atomic E-state index is 0.387. The monoisotopic (exact) mass is 436 g/mol. The van der Waals surface area contributed by atoms with Crippen LogP contribution >= 0.6 is 11.3 Å². The molecule has 0 bridgehead atoms. The number of amides is 1. The van der Waals surface area contributed by atoms with Gasteiger partial charge in [-0.1, -0.05) is 18.2 Å². The number of aryl methyl sites for hydroxylation is 1. The standard InChI is InChI=1S/C20H24N2O5S2/c1-13(22(29(3,25)26)14-9-5-4-6-10-14)18(23)21-19-17(20(24)27-2)15-11-7-8-12-16(15)28-19/h4-6,9-10,13H,7-8,11-12H2,1-3H3,(H,21,23)/t13-/m1/s1. The molecular formula is C20H24N2O5S2. The summed E-state index contributed by atoms with van der Waals surface area (Å²) in [7, 11) is -2.39. The molecule has 9 heteroatoms. The number of nitrogens with one attached hydrogen (secondary N) is 1. The predicted molar refractivity (Wildman–Crippen MR) is 114 cm³/mol. The quantitative estimate of drug-likeness (QED) is 0.702. The molecule has 1 aliphatic carbocycles. The van der Waals surface area contributed by atoms with Crippen LogP contribution in [0, 0.1) is 0 Å². The Kier molecular flexibility index (Phi) is 6.28. The van der Waals surface area contributed by atoms with E-state index in [9.17, 15) is 18.0 Å². The van der Waals surface area contributed by atoms with E-state index in [2.05, 4.69) is 5.32 Å². The number of rotatable bonds is 6. The van der Waals surface area contributed by atoms with Crippen LogP contribution in [0.2, 0.25) is 0 Å². The van der Waals surface area contributed by atoms with Gasteiger partial charge in [-0.25, -0.2) is 13.2 Å². The van der Waals surface area contributed by atoms with Crippen LogP contribution < -0.4 is 9.62 Å². The van der Waals surface area contributed by atoms with E-state index < -0.39 is 27.9 Å². The Labute approximate surface area is 174 Å². The van der Waals surface area contributed by atoms with Crippen LogP contribution in [0.4, 0.5) is 10.7 Å². The largest absolute Gasteiger partial charge is 0.465 e. The van der Waals surface area contributed by atoms with Crippen LogP contribution in [-0.2, 0) is 32.4 Å². The molecule has 156 valence electrons. The molecule has 0 aliphatic heterocycles. The molecule has 1 atom stereocenters. The van der Waals surface area contributed by atoms with Crippen molar-refractivity contribution in [1.29, 1.82) is 0 Å². The number of anilines is 2. The lowest BCUT2D eigenvalue weighted by Crippen LogP contribution is -2.45. The van der Waals surface area contributed by atoms with Gasteiger partial charge in [0.2, 0.25) is 15.9 Å². The Bertz CT molecular complexity index is 1010. The molecule has 1 aromatic heterocycles. The van der Waals surface area contributed by atoms with Gasteiger partial charge in [-0.15, -0.1) is 11.3 Å². The highest BCUT2D eigenvalue weighted by molar-refractivity contribution is 7.92. The molecule has 0 unspecified atom stereocenters. The van der Waals surface area contributed by atoms with Crippen LogP contribution in [0.1, 0.15) is 40.6 Å². The SMILES string of the molecule is COC(=O)c1c(NC(=O)[C@@H](C)N(c2ccccc2)S(C)(=O)=O)sc2c1CCCC2. The molecule has 0 spiro atoms. The van der Waals surface area contributed by atoms with E-state index in [4.69, 9.17) is 4.74 Å². The molecular weight excluding hydrogens is 412 g/mol. The molecule has 1 amide bonds. The molecule has 0 saturated heterocycles. The summed E-state index contributed by atoms with van der Waals surface area (Å²) in [5, 5.41) is 3.20. The fourth-order valence-electron chi connectivity index (χ4n) is 3.57. The summed E-state index contributed by atoms with van der Waals surface area (Å²) in [4.78, 5) is 26.4. The molecule has 1 aliphatic rings. The second-order valence-electron chi connectivity index (χ2n) is 6.97. The Balaban J connectivity index is 1.93. The first-order valence-corrected chi connectivity index (χ1v) is 12.0. The molecule has 1 aromatic carbocycles. The van der Waals surface area contributed by atoms with Gasteiger partial charge < -0.3 is 10.1 Å². The number of para-hydroxylation sites is 1. The van der Waals surface area contributed by atoms with Crippen molar-refractivity contribution >= 4 is 43.9 Å². The van der Waals surface area contributed by atoms with Gasteiger partial charge in [0.05, 0.1) is 24.6 Å². The van der Waals surface area contributed by atoms with Gasteiger partial charge in [-0.3, -0.25) is 9.10 Å². The van der Waals surface area contributed by atoms with E-state index in [-0.39, 0.29) is 0 Å². The summed E-state index contributed by atoms with van der Waals surface area (Å²) in [6.45, 7) is 1.52. The molecule has 2 aromatic rings. The van der Waals surface area contributed by atoms with Gasteiger partial charge in [0.15, 0.2) is 0 Å². The van der Waals surface area contributed by atoms with E-state index in [1.54, 1.807) is 30.3 Å². The number of fused-ring (bicyclic) bond motifs is 1. The smallest absolute Gasteiger partial charge is 0.341 e. The average Bonchev–Trinajstić information content (AvgIpc) is 3.05. The third-order valence-electron chi connectivity index (χ3n) is 4.90. The highest BCUT2D eigenvalue weighted by Gasteiger charge is 2.32. The van der Waals surface area contributed by atoms with Crippen LogP contribution in [0.3, 0.4) is 0 Å². The first-order valence-electron chi connectivity index (χ1n) is 9.32. The fourth-order valence-corrected chi connectivity index (χ4v) is 6.03. The zero-order valence-electron chi connectivity index (χ0n) is 16.6. The van der Waals surface area contributed by atoms with E-state index in [1.165, 1.54) is 25.4 Å². The second-order valence-corrected chi connectivity index (χ2v) is 9.93. The number of carbonyl (C=O) groups is 2.